The fourth-order valence-electron chi connectivity index (χ4n) is 2.28. The summed E-state index contributed by atoms with van der Waals surface area (Å²) in [5.74, 6) is -4.90. The maximum absolute atomic E-state index is 14.5. The molecule has 0 saturated heterocycles. The van der Waals surface area contributed by atoms with E-state index in [1.807, 2.05) is 0 Å². The van der Waals surface area contributed by atoms with Crippen LogP contribution in [0.3, 0.4) is 0 Å². The highest BCUT2D eigenvalue weighted by atomic mass is 32.2. The van der Waals surface area contributed by atoms with Crippen LogP contribution in [-0.2, 0) is 25.5 Å². The van der Waals surface area contributed by atoms with E-state index in [-0.39, 0.29) is 24.8 Å². The number of benzene rings is 1. The van der Waals surface area contributed by atoms with E-state index in [1.165, 1.54) is 0 Å². The average molecular weight is 386 g/mol. The van der Waals surface area contributed by atoms with Crippen LogP contribution < -0.4 is 0 Å². The molecule has 2 rings (SSSR count). The number of carbonyl (C=O) groups excluding carboxylic acids is 1. The first kappa shape index (κ1) is 19.2. The van der Waals surface area contributed by atoms with E-state index in [9.17, 15) is 35.2 Å². The number of ether oxygens (including phenoxy) is 1. The number of methoxy groups -OCH3 is 1. The summed E-state index contributed by atoms with van der Waals surface area (Å²) in [6, 6.07) is 0.549. The van der Waals surface area contributed by atoms with Crippen LogP contribution in [0.1, 0.15) is 34.3 Å². The molecule has 1 aliphatic carbocycles. The molecule has 0 N–H and O–H groups in total. The Morgan fingerprint density at radius 3 is 2.44 bits per heavy atom. The minimum absolute atomic E-state index is 0.0615. The molecule has 25 heavy (non-hydrogen) atoms. The van der Waals surface area contributed by atoms with E-state index in [4.69, 9.17) is 0 Å². The van der Waals surface area contributed by atoms with Crippen LogP contribution in [-0.4, -0.2) is 27.0 Å². The Balaban J connectivity index is 2.61. The zero-order valence-corrected chi connectivity index (χ0v) is 13.4. The number of hydrogen-bond acceptors (Lipinski definition) is 5. The van der Waals surface area contributed by atoms with Gasteiger partial charge in [0.1, 0.15) is 23.0 Å². The summed E-state index contributed by atoms with van der Waals surface area (Å²) in [6.45, 7) is 0. The number of allylic oxidation sites excluding steroid dienone is 1. The van der Waals surface area contributed by atoms with E-state index in [2.05, 4.69) is 8.92 Å². The molecule has 0 unspecified atom stereocenters. The summed E-state index contributed by atoms with van der Waals surface area (Å²) in [6.07, 6.45) is 1.20. The molecular formula is C14H11F5O5S. The number of halogens is 5. The van der Waals surface area contributed by atoms with Crippen LogP contribution in [0.15, 0.2) is 12.1 Å². The number of alkyl halides is 3. The van der Waals surface area contributed by atoms with Crippen molar-refractivity contribution in [2.45, 2.75) is 24.8 Å². The van der Waals surface area contributed by atoms with Crippen LogP contribution in [0, 0.1) is 11.6 Å². The SMILES string of the molecule is COC(=O)c1c(F)cc2c(c1F)CCCC=C2OS(=O)(=O)C(F)(F)F. The zero-order valence-electron chi connectivity index (χ0n) is 12.6. The van der Waals surface area contributed by atoms with Crippen molar-refractivity contribution in [3.05, 3.63) is 40.5 Å². The Hall–Kier alpha value is -2.17. The predicted octanol–water partition coefficient (Wildman–Crippen LogP) is 3.29. The Morgan fingerprint density at radius 1 is 1.24 bits per heavy atom. The molecule has 138 valence electrons. The molecule has 1 aromatic carbocycles. The maximum atomic E-state index is 14.5. The molecule has 0 bridgehead atoms. The third-order valence-electron chi connectivity index (χ3n) is 3.42. The van der Waals surface area contributed by atoms with Gasteiger partial charge in [-0.2, -0.15) is 21.6 Å². The highest BCUT2D eigenvalue weighted by Crippen LogP contribution is 2.35. The molecule has 0 aliphatic heterocycles. The molecule has 0 spiro atoms. The van der Waals surface area contributed by atoms with Gasteiger partial charge in [-0.05, 0) is 37.0 Å². The summed E-state index contributed by atoms with van der Waals surface area (Å²) < 4.78 is 96.7. The van der Waals surface area contributed by atoms with Gasteiger partial charge in [-0.3, -0.25) is 0 Å². The van der Waals surface area contributed by atoms with Crippen LogP contribution in [0.2, 0.25) is 0 Å². The van der Waals surface area contributed by atoms with Crippen molar-refractivity contribution in [3.63, 3.8) is 0 Å². The summed E-state index contributed by atoms with van der Waals surface area (Å²) in [5, 5.41) is 0. The number of carbonyl (C=O) groups is 1. The summed E-state index contributed by atoms with van der Waals surface area (Å²) in [5.41, 5.74) is -7.55. The molecule has 0 amide bonds. The van der Waals surface area contributed by atoms with Crippen molar-refractivity contribution in [1.82, 2.24) is 0 Å². The third kappa shape index (κ3) is 3.60. The maximum Gasteiger partial charge on any atom is 0.534 e. The first-order valence-corrected chi connectivity index (χ1v) is 8.21. The Labute approximate surface area is 139 Å². The van der Waals surface area contributed by atoms with E-state index in [0.29, 0.717) is 6.07 Å². The van der Waals surface area contributed by atoms with Crippen LogP contribution >= 0.6 is 0 Å². The fraction of sp³-hybridized carbons (Fsp3) is 0.357. The van der Waals surface area contributed by atoms with Crippen molar-refractivity contribution in [2.75, 3.05) is 7.11 Å². The van der Waals surface area contributed by atoms with Crippen molar-refractivity contribution < 1.29 is 44.1 Å². The second kappa shape index (κ2) is 6.62. The number of rotatable bonds is 3. The summed E-state index contributed by atoms with van der Waals surface area (Å²) in [4.78, 5) is 11.5. The van der Waals surface area contributed by atoms with Gasteiger partial charge < -0.3 is 8.92 Å². The molecular weight excluding hydrogens is 375 g/mol. The summed E-state index contributed by atoms with van der Waals surface area (Å²) >= 11 is 0. The van der Waals surface area contributed by atoms with Crippen LogP contribution in [0.4, 0.5) is 22.0 Å². The molecule has 5 nitrogen and oxygen atoms in total. The lowest BCUT2D eigenvalue weighted by Gasteiger charge is -2.16. The van der Waals surface area contributed by atoms with E-state index in [0.717, 1.165) is 13.2 Å². The second-order valence-corrected chi connectivity index (χ2v) is 6.55. The van der Waals surface area contributed by atoms with Gasteiger partial charge in [0.05, 0.1) is 7.11 Å². The molecule has 0 radical (unpaired) electrons. The van der Waals surface area contributed by atoms with E-state index >= 15 is 0 Å². The largest absolute Gasteiger partial charge is 0.534 e. The Kier molecular flexibility index (Phi) is 5.07. The number of hydrogen-bond donors (Lipinski definition) is 0. The normalized spacial score (nSPS) is 15.0. The van der Waals surface area contributed by atoms with Gasteiger partial charge in [-0.15, -0.1) is 0 Å². The van der Waals surface area contributed by atoms with Gasteiger partial charge in [0.15, 0.2) is 0 Å². The van der Waals surface area contributed by atoms with Gasteiger partial charge in [0.25, 0.3) is 0 Å². The predicted molar refractivity (Wildman–Crippen MR) is 74.7 cm³/mol. The topological polar surface area (TPSA) is 69.7 Å². The molecule has 0 fully saturated rings. The molecule has 11 heteroatoms. The minimum Gasteiger partial charge on any atom is -0.465 e. The van der Waals surface area contributed by atoms with Gasteiger partial charge in [-0.25, -0.2) is 13.6 Å². The third-order valence-corrected chi connectivity index (χ3v) is 4.38. The minimum atomic E-state index is -6.02. The van der Waals surface area contributed by atoms with E-state index < -0.39 is 50.1 Å². The molecule has 0 heterocycles. The molecule has 0 saturated carbocycles. The molecule has 1 aromatic rings. The van der Waals surface area contributed by atoms with Gasteiger partial charge >= 0.3 is 21.6 Å². The quantitative estimate of drug-likeness (QED) is 0.345. The van der Waals surface area contributed by atoms with E-state index in [1.54, 1.807) is 0 Å². The van der Waals surface area contributed by atoms with Crippen molar-refractivity contribution in [2.24, 2.45) is 0 Å². The van der Waals surface area contributed by atoms with Crippen molar-refractivity contribution in [3.8, 4) is 0 Å². The first-order chi connectivity index (χ1) is 11.5. The second-order valence-electron chi connectivity index (χ2n) is 5.01. The lowest BCUT2D eigenvalue weighted by Crippen LogP contribution is -2.25. The molecule has 0 aromatic heterocycles. The Morgan fingerprint density at radius 2 is 1.88 bits per heavy atom. The highest BCUT2D eigenvalue weighted by molar-refractivity contribution is 7.87. The van der Waals surface area contributed by atoms with Gasteiger partial charge in [-0.1, -0.05) is 0 Å². The number of esters is 1. The highest BCUT2D eigenvalue weighted by Gasteiger charge is 2.49. The zero-order chi connectivity index (χ0) is 19.0. The monoisotopic (exact) mass is 386 g/mol. The van der Waals surface area contributed by atoms with Crippen molar-refractivity contribution >= 4 is 21.8 Å². The first-order valence-electron chi connectivity index (χ1n) is 6.80. The summed E-state index contributed by atoms with van der Waals surface area (Å²) in [7, 11) is -5.12. The fourth-order valence-corrected chi connectivity index (χ4v) is 2.77. The lowest BCUT2D eigenvalue weighted by molar-refractivity contribution is -0.0509. The number of fused-ring (bicyclic) bond motifs is 1. The molecule has 1 aliphatic rings. The van der Waals surface area contributed by atoms with Crippen molar-refractivity contribution in [1.29, 1.82) is 0 Å². The lowest BCUT2D eigenvalue weighted by atomic mass is 9.98. The van der Waals surface area contributed by atoms with Gasteiger partial charge in [0, 0.05) is 5.56 Å². The Bertz CT molecular complexity index is 842. The smallest absolute Gasteiger partial charge is 0.465 e. The van der Waals surface area contributed by atoms with Crippen LogP contribution in [0.5, 0.6) is 0 Å². The van der Waals surface area contributed by atoms with Gasteiger partial charge in [0.2, 0.25) is 0 Å². The average Bonchev–Trinajstić information content (AvgIpc) is 2.68. The standard InChI is InChI=1S/C14H11F5O5S/c1-23-13(20)11-9(15)6-8-7(12(11)16)4-2-3-5-10(8)24-25(21,22)14(17,18)19/h5-6H,2-4H2,1H3. The van der Waals surface area contributed by atoms with Crippen LogP contribution in [0.25, 0.3) is 5.76 Å². The molecule has 0 atom stereocenters.